The van der Waals surface area contributed by atoms with Gasteiger partial charge in [-0.1, -0.05) is 0 Å². The first-order valence-corrected chi connectivity index (χ1v) is 8.03. The van der Waals surface area contributed by atoms with Crippen molar-refractivity contribution in [3.8, 4) is 0 Å². The van der Waals surface area contributed by atoms with Crippen LogP contribution in [0.15, 0.2) is 10.4 Å². The Bertz CT molecular complexity index is 464. The van der Waals surface area contributed by atoms with Crippen LogP contribution in [0.25, 0.3) is 0 Å². The van der Waals surface area contributed by atoms with Gasteiger partial charge < -0.3 is 5.32 Å². The van der Waals surface area contributed by atoms with Gasteiger partial charge in [0, 0.05) is 12.6 Å². The summed E-state index contributed by atoms with van der Waals surface area (Å²) < 4.78 is 26.6. The van der Waals surface area contributed by atoms with Gasteiger partial charge >= 0.3 is 0 Å². The van der Waals surface area contributed by atoms with Gasteiger partial charge in [-0.2, -0.15) is 0 Å². The fourth-order valence-electron chi connectivity index (χ4n) is 1.91. The van der Waals surface area contributed by atoms with Crippen LogP contribution in [0.3, 0.4) is 0 Å². The smallest absolute Gasteiger partial charge is 0.251 e. The van der Waals surface area contributed by atoms with Crippen molar-refractivity contribution in [1.82, 2.24) is 15.0 Å². The quantitative estimate of drug-likeness (QED) is 0.836. The molecule has 0 aromatic carbocycles. The van der Waals surface area contributed by atoms with Gasteiger partial charge in [0.25, 0.3) is 10.0 Å². The molecule has 1 unspecified atom stereocenters. The molecule has 0 bridgehead atoms. The standard InChI is InChI=1S/C10H17N3O2S2/c1-8-12-7-10(16-8)17(14,15)13-6-4-9-3-2-5-11-9/h7,9,11,13H,2-6H2,1H3. The molecule has 2 heterocycles. The molecule has 2 rings (SSSR count). The Morgan fingerprint density at radius 1 is 1.65 bits per heavy atom. The molecule has 2 N–H and O–H groups in total. The first kappa shape index (κ1) is 12.9. The fourth-order valence-corrected chi connectivity index (χ4v) is 4.11. The summed E-state index contributed by atoms with van der Waals surface area (Å²) in [6.07, 6.45) is 4.58. The van der Waals surface area contributed by atoms with Crippen molar-refractivity contribution in [3.63, 3.8) is 0 Å². The summed E-state index contributed by atoms with van der Waals surface area (Å²) in [4.78, 5) is 3.96. The van der Waals surface area contributed by atoms with E-state index in [4.69, 9.17) is 0 Å². The summed E-state index contributed by atoms with van der Waals surface area (Å²) in [5.74, 6) is 0. The molecule has 1 saturated heterocycles. The first-order chi connectivity index (χ1) is 8.08. The Labute approximate surface area is 106 Å². The number of rotatable bonds is 5. The molecule has 1 aliphatic rings. The number of thiazole rings is 1. The third-order valence-electron chi connectivity index (χ3n) is 2.81. The third-order valence-corrected chi connectivity index (χ3v) is 5.65. The largest absolute Gasteiger partial charge is 0.314 e. The van der Waals surface area contributed by atoms with Crippen LogP contribution in [0.1, 0.15) is 24.3 Å². The molecule has 96 valence electrons. The lowest BCUT2D eigenvalue weighted by Gasteiger charge is -2.10. The Morgan fingerprint density at radius 3 is 3.06 bits per heavy atom. The molecular formula is C10H17N3O2S2. The Kier molecular flexibility index (Phi) is 4.13. The van der Waals surface area contributed by atoms with E-state index in [-0.39, 0.29) is 0 Å². The van der Waals surface area contributed by atoms with Crippen molar-refractivity contribution in [2.75, 3.05) is 13.1 Å². The number of nitrogens with one attached hydrogen (secondary N) is 2. The minimum Gasteiger partial charge on any atom is -0.314 e. The van der Waals surface area contributed by atoms with E-state index in [0.717, 1.165) is 24.4 Å². The highest BCUT2D eigenvalue weighted by Crippen LogP contribution is 2.17. The molecule has 0 aliphatic carbocycles. The summed E-state index contributed by atoms with van der Waals surface area (Å²) >= 11 is 1.20. The molecular weight excluding hydrogens is 258 g/mol. The van der Waals surface area contributed by atoms with Crippen molar-refractivity contribution < 1.29 is 8.42 Å². The van der Waals surface area contributed by atoms with E-state index in [1.807, 2.05) is 0 Å². The van der Waals surface area contributed by atoms with Gasteiger partial charge in [0.15, 0.2) is 4.21 Å². The van der Waals surface area contributed by atoms with Gasteiger partial charge in [0.05, 0.1) is 11.2 Å². The van der Waals surface area contributed by atoms with E-state index >= 15 is 0 Å². The molecule has 1 aromatic rings. The zero-order valence-corrected chi connectivity index (χ0v) is 11.4. The molecule has 0 amide bonds. The molecule has 17 heavy (non-hydrogen) atoms. The normalized spacial score (nSPS) is 20.9. The second-order valence-corrected chi connectivity index (χ2v) is 7.41. The van der Waals surface area contributed by atoms with Crippen LogP contribution in [0.5, 0.6) is 0 Å². The van der Waals surface area contributed by atoms with Gasteiger partial charge in [0.2, 0.25) is 0 Å². The molecule has 5 nitrogen and oxygen atoms in total. The lowest BCUT2D eigenvalue weighted by molar-refractivity contribution is 0.540. The molecule has 1 fully saturated rings. The zero-order chi connectivity index (χ0) is 12.3. The van der Waals surface area contributed by atoms with Gasteiger partial charge in [-0.3, -0.25) is 0 Å². The highest BCUT2D eigenvalue weighted by atomic mass is 32.2. The number of hydrogen-bond acceptors (Lipinski definition) is 5. The first-order valence-electron chi connectivity index (χ1n) is 5.73. The van der Waals surface area contributed by atoms with Crippen molar-refractivity contribution in [1.29, 1.82) is 0 Å². The highest BCUT2D eigenvalue weighted by molar-refractivity contribution is 7.91. The molecule has 0 spiro atoms. The summed E-state index contributed by atoms with van der Waals surface area (Å²) in [7, 11) is -3.35. The van der Waals surface area contributed by atoms with Crippen molar-refractivity contribution >= 4 is 21.4 Å². The minimum absolute atomic E-state index is 0.300. The maximum Gasteiger partial charge on any atom is 0.251 e. The average molecular weight is 275 g/mol. The van der Waals surface area contributed by atoms with E-state index in [9.17, 15) is 8.42 Å². The Hall–Kier alpha value is -0.500. The molecule has 0 radical (unpaired) electrons. The summed E-state index contributed by atoms with van der Waals surface area (Å²) in [6, 6.07) is 0.459. The van der Waals surface area contributed by atoms with Crippen LogP contribution in [0.4, 0.5) is 0 Å². The second kappa shape index (κ2) is 5.43. The van der Waals surface area contributed by atoms with Gasteiger partial charge in [0.1, 0.15) is 0 Å². The monoisotopic (exact) mass is 275 g/mol. The summed E-state index contributed by atoms with van der Waals surface area (Å²) in [6.45, 7) is 3.33. The topological polar surface area (TPSA) is 71.1 Å². The van der Waals surface area contributed by atoms with Crippen LogP contribution < -0.4 is 10.0 Å². The maximum absolute atomic E-state index is 11.9. The number of aromatic nitrogens is 1. The SMILES string of the molecule is Cc1ncc(S(=O)(=O)NCCC2CCCN2)s1. The highest BCUT2D eigenvalue weighted by Gasteiger charge is 2.18. The summed E-state index contributed by atoms with van der Waals surface area (Å²) in [5.41, 5.74) is 0. The zero-order valence-electron chi connectivity index (χ0n) is 9.77. The number of hydrogen-bond donors (Lipinski definition) is 2. The van der Waals surface area contributed by atoms with Crippen LogP contribution in [0, 0.1) is 6.92 Å². The number of aryl methyl sites for hydroxylation is 1. The van der Waals surface area contributed by atoms with E-state index in [2.05, 4.69) is 15.0 Å². The van der Waals surface area contributed by atoms with Crippen LogP contribution >= 0.6 is 11.3 Å². The molecule has 1 atom stereocenters. The van der Waals surface area contributed by atoms with E-state index in [1.54, 1.807) is 6.92 Å². The Balaban J connectivity index is 1.85. The van der Waals surface area contributed by atoms with Gasteiger partial charge in [-0.05, 0) is 32.7 Å². The maximum atomic E-state index is 11.9. The molecule has 7 heteroatoms. The van der Waals surface area contributed by atoms with Crippen molar-refractivity contribution in [2.45, 2.75) is 36.4 Å². The summed E-state index contributed by atoms with van der Waals surface area (Å²) in [5, 5.41) is 4.11. The van der Waals surface area contributed by atoms with Crippen molar-refractivity contribution in [3.05, 3.63) is 11.2 Å². The predicted molar refractivity (Wildman–Crippen MR) is 67.7 cm³/mol. The molecule has 0 saturated carbocycles. The fraction of sp³-hybridized carbons (Fsp3) is 0.700. The Morgan fingerprint density at radius 2 is 2.47 bits per heavy atom. The van der Waals surface area contributed by atoms with Crippen LogP contribution in [0.2, 0.25) is 0 Å². The van der Waals surface area contributed by atoms with Gasteiger partial charge in [-0.25, -0.2) is 18.1 Å². The lowest BCUT2D eigenvalue weighted by atomic mass is 10.2. The van der Waals surface area contributed by atoms with Crippen LogP contribution in [-0.4, -0.2) is 32.5 Å². The third kappa shape index (κ3) is 3.48. The number of sulfonamides is 1. The van der Waals surface area contributed by atoms with Gasteiger partial charge in [-0.15, -0.1) is 11.3 Å². The number of nitrogens with zero attached hydrogens (tertiary/aromatic N) is 1. The lowest BCUT2D eigenvalue weighted by Crippen LogP contribution is -2.30. The average Bonchev–Trinajstić information content (AvgIpc) is 2.89. The van der Waals surface area contributed by atoms with E-state index in [0.29, 0.717) is 16.8 Å². The minimum atomic E-state index is -3.35. The molecule has 1 aromatic heterocycles. The predicted octanol–water partition coefficient (Wildman–Crippen LogP) is 0.872. The van der Waals surface area contributed by atoms with Crippen LogP contribution in [-0.2, 0) is 10.0 Å². The second-order valence-electron chi connectivity index (χ2n) is 4.18. The molecule has 1 aliphatic heterocycles. The van der Waals surface area contributed by atoms with E-state index < -0.39 is 10.0 Å². The van der Waals surface area contributed by atoms with E-state index in [1.165, 1.54) is 24.0 Å². The van der Waals surface area contributed by atoms with Crippen molar-refractivity contribution in [2.24, 2.45) is 0 Å².